The van der Waals surface area contributed by atoms with Crippen LogP contribution in [0.4, 0.5) is 5.69 Å². The molecule has 2 atom stereocenters. The number of piperazine rings is 1. The van der Waals surface area contributed by atoms with Gasteiger partial charge in [0.25, 0.3) is 5.69 Å². The normalized spacial score (nSPS) is 24.5. The highest BCUT2D eigenvalue weighted by Gasteiger charge is 2.35. The molecule has 0 aliphatic carbocycles. The number of benzene rings is 1. The summed E-state index contributed by atoms with van der Waals surface area (Å²) >= 11 is 0. The van der Waals surface area contributed by atoms with Crippen molar-refractivity contribution in [1.29, 1.82) is 0 Å². The third-order valence-electron chi connectivity index (χ3n) is 3.20. The summed E-state index contributed by atoms with van der Waals surface area (Å²) in [6.45, 7) is 4.38. The summed E-state index contributed by atoms with van der Waals surface area (Å²) in [5.41, 5.74) is -0.383. The number of sulfonamides is 1. The predicted octanol–water partition coefficient (Wildman–Crippen LogP) is 0.966. The summed E-state index contributed by atoms with van der Waals surface area (Å²) in [6, 6.07) is 5.47. The Hall–Kier alpha value is -1.51. The highest BCUT2D eigenvalue weighted by Crippen LogP contribution is 2.27. The van der Waals surface area contributed by atoms with E-state index in [1.807, 2.05) is 13.8 Å². The van der Waals surface area contributed by atoms with E-state index in [1.165, 1.54) is 28.6 Å². The zero-order valence-electron chi connectivity index (χ0n) is 11.3. The Kier molecular flexibility index (Phi) is 4.07. The monoisotopic (exact) mass is 299 g/mol. The van der Waals surface area contributed by atoms with Gasteiger partial charge in [-0.15, -0.1) is 0 Å². The number of hydrogen-bond donors (Lipinski definition) is 1. The predicted molar refractivity (Wildman–Crippen MR) is 73.9 cm³/mol. The van der Waals surface area contributed by atoms with Gasteiger partial charge in [0.15, 0.2) is 4.90 Å². The summed E-state index contributed by atoms with van der Waals surface area (Å²) in [7, 11) is -3.85. The highest BCUT2D eigenvalue weighted by molar-refractivity contribution is 7.89. The number of para-hydroxylation sites is 1. The van der Waals surface area contributed by atoms with Gasteiger partial charge in [0, 0.05) is 31.2 Å². The molecule has 0 bridgehead atoms. The fraction of sp³-hybridized carbons (Fsp3) is 0.500. The topological polar surface area (TPSA) is 92.5 Å². The van der Waals surface area contributed by atoms with Crippen molar-refractivity contribution in [2.45, 2.75) is 30.8 Å². The van der Waals surface area contributed by atoms with Crippen molar-refractivity contribution >= 4 is 15.7 Å². The van der Waals surface area contributed by atoms with Crippen LogP contribution in [0.5, 0.6) is 0 Å². The molecule has 8 heteroatoms. The lowest BCUT2D eigenvalue weighted by Crippen LogP contribution is -2.55. The van der Waals surface area contributed by atoms with E-state index in [4.69, 9.17) is 0 Å². The third kappa shape index (κ3) is 2.82. The molecule has 0 radical (unpaired) electrons. The van der Waals surface area contributed by atoms with Crippen molar-refractivity contribution in [2.24, 2.45) is 0 Å². The summed E-state index contributed by atoms with van der Waals surface area (Å²) in [6.07, 6.45) is 0. The van der Waals surface area contributed by atoms with E-state index in [1.54, 1.807) is 0 Å². The zero-order valence-corrected chi connectivity index (χ0v) is 12.1. The molecule has 0 unspecified atom stereocenters. The number of nitrogens with one attached hydrogen (secondary N) is 1. The lowest BCUT2D eigenvalue weighted by atomic mass is 10.2. The number of nitro groups is 1. The standard InChI is InChI=1S/C12H17N3O4S/c1-9-7-14(8-10(2)13-9)20(18,19)12-6-4-3-5-11(12)15(16)17/h3-6,9-10,13H,7-8H2,1-2H3/t9-,10+. The van der Waals surface area contributed by atoms with Crippen LogP contribution in [0.15, 0.2) is 29.2 Å². The van der Waals surface area contributed by atoms with Crippen LogP contribution < -0.4 is 5.32 Å². The first-order valence-corrected chi connectivity index (χ1v) is 7.76. The molecular weight excluding hydrogens is 282 g/mol. The first kappa shape index (κ1) is 14.9. The molecule has 20 heavy (non-hydrogen) atoms. The second-order valence-corrected chi connectivity index (χ2v) is 6.92. The quantitative estimate of drug-likeness (QED) is 0.663. The van der Waals surface area contributed by atoms with Gasteiger partial charge < -0.3 is 5.32 Å². The first-order chi connectivity index (χ1) is 9.32. The minimum atomic E-state index is -3.85. The SMILES string of the molecule is C[C@@H]1CN(S(=O)(=O)c2ccccc2[N+](=O)[O-])C[C@H](C)N1. The molecule has 1 aromatic rings. The molecule has 110 valence electrons. The van der Waals surface area contributed by atoms with Crippen LogP contribution >= 0.6 is 0 Å². The second-order valence-electron chi connectivity index (χ2n) is 5.02. The lowest BCUT2D eigenvalue weighted by Gasteiger charge is -2.35. The molecule has 1 fully saturated rings. The number of hydrogen-bond acceptors (Lipinski definition) is 5. The Morgan fingerprint density at radius 3 is 2.35 bits per heavy atom. The van der Waals surface area contributed by atoms with Gasteiger partial charge in [-0.05, 0) is 19.9 Å². The molecule has 0 spiro atoms. The molecule has 0 aromatic heterocycles. The second kappa shape index (κ2) is 5.47. The first-order valence-electron chi connectivity index (χ1n) is 6.32. The van der Waals surface area contributed by atoms with Gasteiger partial charge in [0.05, 0.1) is 4.92 Å². The fourth-order valence-corrected chi connectivity index (χ4v) is 4.21. The molecular formula is C12H17N3O4S. The maximum Gasteiger partial charge on any atom is 0.289 e. The molecule has 0 saturated carbocycles. The van der Waals surface area contributed by atoms with E-state index in [0.717, 1.165) is 0 Å². The van der Waals surface area contributed by atoms with Gasteiger partial charge in [-0.1, -0.05) is 12.1 Å². The summed E-state index contributed by atoms with van der Waals surface area (Å²) in [4.78, 5) is 10.1. The molecule has 1 saturated heterocycles. The largest absolute Gasteiger partial charge is 0.309 e. The van der Waals surface area contributed by atoms with Gasteiger partial charge in [-0.3, -0.25) is 10.1 Å². The summed E-state index contributed by atoms with van der Waals surface area (Å²) < 4.78 is 26.5. The van der Waals surface area contributed by atoms with Gasteiger partial charge in [0.1, 0.15) is 0 Å². The third-order valence-corrected chi connectivity index (χ3v) is 5.08. The molecule has 7 nitrogen and oxygen atoms in total. The van der Waals surface area contributed by atoms with Gasteiger partial charge in [0.2, 0.25) is 10.0 Å². The molecule has 1 aromatic carbocycles. The Balaban J connectivity index is 2.43. The Morgan fingerprint density at radius 1 is 1.25 bits per heavy atom. The van der Waals surface area contributed by atoms with Crippen LogP contribution in [-0.4, -0.2) is 42.8 Å². The lowest BCUT2D eigenvalue weighted by molar-refractivity contribution is -0.387. The minimum Gasteiger partial charge on any atom is -0.309 e. The van der Waals surface area contributed by atoms with E-state index >= 15 is 0 Å². The Labute approximate surface area is 117 Å². The smallest absolute Gasteiger partial charge is 0.289 e. The van der Waals surface area contributed by atoms with E-state index in [2.05, 4.69) is 5.32 Å². The van der Waals surface area contributed by atoms with Crippen molar-refractivity contribution in [3.63, 3.8) is 0 Å². The molecule has 1 aliphatic heterocycles. The van der Waals surface area contributed by atoms with Gasteiger partial charge >= 0.3 is 0 Å². The maximum absolute atomic E-state index is 12.6. The molecule has 1 aliphatic rings. The average Bonchev–Trinajstić information content (AvgIpc) is 2.37. The van der Waals surface area contributed by atoms with E-state index in [-0.39, 0.29) is 22.7 Å². The summed E-state index contributed by atoms with van der Waals surface area (Å²) in [5, 5.41) is 14.2. The number of nitro benzene ring substituents is 1. The summed E-state index contributed by atoms with van der Waals surface area (Å²) in [5.74, 6) is 0. The van der Waals surface area contributed by atoms with Crippen molar-refractivity contribution < 1.29 is 13.3 Å². The van der Waals surface area contributed by atoms with Gasteiger partial charge in [-0.25, -0.2) is 8.42 Å². The van der Waals surface area contributed by atoms with Crippen LogP contribution in [0.3, 0.4) is 0 Å². The van der Waals surface area contributed by atoms with Crippen LogP contribution in [0.1, 0.15) is 13.8 Å². The highest BCUT2D eigenvalue weighted by atomic mass is 32.2. The number of rotatable bonds is 3. The average molecular weight is 299 g/mol. The zero-order chi connectivity index (χ0) is 14.9. The van der Waals surface area contributed by atoms with Crippen LogP contribution in [0.25, 0.3) is 0 Å². The molecule has 0 amide bonds. The minimum absolute atomic E-state index is 0.0105. The van der Waals surface area contributed by atoms with E-state index in [9.17, 15) is 18.5 Å². The van der Waals surface area contributed by atoms with E-state index < -0.39 is 14.9 Å². The Morgan fingerprint density at radius 2 is 1.80 bits per heavy atom. The molecule has 1 N–H and O–H groups in total. The van der Waals surface area contributed by atoms with Crippen molar-refractivity contribution in [1.82, 2.24) is 9.62 Å². The maximum atomic E-state index is 12.6. The number of nitrogens with zero attached hydrogens (tertiary/aromatic N) is 2. The van der Waals surface area contributed by atoms with Crippen LogP contribution in [0, 0.1) is 10.1 Å². The van der Waals surface area contributed by atoms with Crippen LogP contribution in [0.2, 0.25) is 0 Å². The fourth-order valence-electron chi connectivity index (χ4n) is 2.44. The van der Waals surface area contributed by atoms with E-state index in [0.29, 0.717) is 13.1 Å². The van der Waals surface area contributed by atoms with Crippen LogP contribution in [-0.2, 0) is 10.0 Å². The van der Waals surface area contributed by atoms with Crippen molar-refractivity contribution in [3.05, 3.63) is 34.4 Å². The van der Waals surface area contributed by atoms with Crippen molar-refractivity contribution in [2.75, 3.05) is 13.1 Å². The Bertz CT molecular complexity index is 607. The van der Waals surface area contributed by atoms with Crippen molar-refractivity contribution in [3.8, 4) is 0 Å². The molecule has 1 heterocycles. The molecule has 2 rings (SSSR count). The van der Waals surface area contributed by atoms with Gasteiger partial charge in [-0.2, -0.15) is 4.31 Å².